The van der Waals surface area contributed by atoms with Crippen molar-refractivity contribution in [2.24, 2.45) is 0 Å². The summed E-state index contributed by atoms with van der Waals surface area (Å²) >= 11 is 0. The Kier molecular flexibility index (Phi) is 4.93. The largest absolute Gasteiger partial charge is 0.307 e. The topological polar surface area (TPSA) is 81.1 Å². The van der Waals surface area contributed by atoms with Crippen LogP contribution in [0.4, 0.5) is 5.82 Å². The third-order valence-corrected chi connectivity index (χ3v) is 6.53. The maximum absolute atomic E-state index is 12.8. The molecule has 3 rings (SSSR count). The molecule has 0 bridgehead atoms. The highest BCUT2D eigenvalue weighted by Gasteiger charge is 2.33. The molecule has 0 radical (unpaired) electrons. The van der Waals surface area contributed by atoms with E-state index in [2.05, 4.69) is 10.4 Å². The molecular formula is C20H27N3O3S. The number of nitrogens with one attached hydrogen (secondary N) is 1. The number of aromatic nitrogens is 2. The average Bonchev–Trinajstić information content (AvgIpc) is 3.09. The number of nitrogens with zero attached hydrogens (tertiary/aromatic N) is 2. The van der Waals surface area contributed by atoms with Gasteiger partial charge in [-0.15, -0.1) is 0 Å². The van der Waals surface area contributed by atoms with Crippen molar-refractivity contribution >= 4 is 21.6 Å². The van der Waals surface area contributed by atoms with E-state index in [4.69, 9.17) is 0 Å². The van der Waals surface area contributed by atoms with Crippen LogP contribution in [-0.2, 0) is 15.3 Å². The van der Waals surface area contributed by atoms with Gasteiger partial charge in [-0.3, -0.25) is 4.79 Å². The lowest BCUT2D eigenvalue weighted by Gasteiger charge is -2.15. The lowest BCUT2D eigenvalue weighted by atomic mass is 9.92. The lowest BCUT2D eigenvalue weighted by Crippen LogP contribution is -2.20. The molecule has 1 aliphatic heterocycles. The predicted octanol–water partition coefficient (Wildman–Crippen LogP) is 3.41. The zero-order valence-electron chi connectivity index (χ0n) is 16.5. The van der Waals surface area contributed by atoms with E-state index in [1.54, 1.807) is 4.68 Å². The molecule has 1 N–H and O–H groups in total. The van der Waals surface area contributed by atoms with Crippen LogP contribution < -0.4 is 5.32 Å². The van der Waals surface area contributed by atoms with Crippen LogP contribution in [-0.4, -0.2) is 35.6 Å². The molecule has 27 heavy (non-hydrogen) atoms. The first kappa shape index (κ1) is 19.6. The summed E-state index contributed by atoms with van der Waals surface area (Å²) in [7, 11) is -3.05. The van der Waals surface area contributed by atoms with Crippen LogP contribution in [0, 0.1) is 13.8 Å². The minimum atomic E-state index is -3.05. The predicted molar refractivity (Wildman–Crippen MR) is 107 cm³/mol. The first-order chi connectivity index (χ1) is 12.4. The van der Waals surface area contributed by atoms with Crippen LogP contribution >= 0.6 is 0 Å². The molecule has 7 heteroatoms. The van der Waals surface area contributed by atoms with Crippen LogP contribution in [0.25, 0.3) is 0 Å². The van der Waals surface area contributed by atoms with Crippen molar-refractivity contribution in [3.05, 3.63) is 46.6 Å². The standard InChI is InChI=1S/C20H27N3O3S/c1-13-8-14(2)10-15(9-13)19(24)21-18-11-17(20(3,4)5)22-23(18)16-6-7-27(25,26)12-16/h8-11,16H,6-7,12H2,1-5H3,(H,21,24). The van der Waals surface area contributed by atoms with Crippen molar-refractivity contribution in [2.45, 2.75) is 52.5 Å². The van der Waals surface area contributed by atoms with Gasteiger partial charge in [0.1, 0.15) is 5.82 Å². The summed E-state index contributed by atoms with van der Waals surface area (Å²) in [6, 6.07) is 7.30. The summed E-state index contributed by atoms with van der Waals surface area (Å²) in [5.41, 5.74) is 3.23. The van der Waals surface area contributed by atoms with Crippen LogP contribution in [0.15, 0.2) is 24.3 Å². The number of sulfone groups is 1. The first-order valence-corrected chi connectivity index (χ1v) is 11.0. The van der Waals surface area contributed by atoms with E-state index in [1.807, 2.05) is 58.9 Å². The molecule has 1 fully saturated rings. The lowest BCUT2D eigenvalue weighted by molar-refractivity contribution is 0.102. The Labute approximate surface area is 160 Å². The van der Waals surface area contributed by atoms with Gasteiger partial charge in [-0.1, -0.05) is 38.0 Å². The smallest absolute Gasteiger partial charge is 0.256 e. The Morgan fingerprint density at radius 1 is 1.15 bits per heavy atom. The highest BCUT2D eigenvalue weighted by Crippen LogP contribution is 2.31. The van der Waals surface area contributed by atoms with Crippen molar-refractivity contribution in [1.82, 2.24) is 9.78 Å². The quantitative estimate of drug-likeness (QED) is 0.872. The third kappa shape index (κ3) is 4.40. The summed E-state index contributed by atoms with van der Waals surface area (Å²) in [5.74, 6) is 0.549. The third-order valence-electron chi connectivity index (χ3n) is 4.78. The van der Waals surface area contributed by atoms with Crippen LogP contribution in [0.5, 0.6) is 0 Å². The Bertz CT molecular complexity index is 964. The molecule has 0 spiro atoms. The van der Waals surface area contributed by atoms with Gasteiger partial charge in [0.15, 0.2) is 9.84 Å². The second-order valence-electron chi connectivity index (χ2n) is 8.50. The first-order valence-electron chi connectivity index (χ1n) is 9.15. The molecule has 2 heterocycles. The van der Waals surface area contributed by atoms with E-state index in [1.165, 1.54) is 0 Å². The van der Waals surface area contributed by atoms with E-state index in [-0.39, 0.29) is 28.9 Å². The molecule has 1 atom stereocenters. The number of amides is 1. The molecule has 1 saturated heterocycles. The molecule has 6 nitrogen and oxygen atoms in total. The number of aryl methyl sites for hydroxylation is 2. The SMILES string of the molecule is Cc1cc(C)cc(C(=O)Nc2cc(C(C)(C)C)nn2C2CCS(=O)(=O)C2)c1. The van der Waals surface area contributed by atoms with Crippen molar-refractivity contribution in [3.8, 4) is 0 Å². The van der Waals surface area contributed by atoms with Gasteiger partial charge in [-0.2, -0.15) is 5.10 Å². The zero-order valence-corrected chi connectivity index (χ0v) is 17.4. The van der Waals surface area contributed by atoms with Gasteiger partial charge in [0.2, 0.25) is 0 Å². The molecule has 2 aromatic rings. The Hall–Kier alpha value is -2.15. The van der Waals surface area contributed by atoms with Gasteiger partial charge in [0.25, 0.3) is 5.91 Å². The highest BCUT2D eigenvalue weighted by atomic mass is 32.2. The second-order valence-corrected chi connectivity index (χ2v) is 10.7. The van der Waals surface area contributed by atoms with Crippen molar-refractivity contribution in [2.75, 3.05) is 16.8 Å². The molecule has 146 valence electrons. The number of benzene rings is 1. The number of carbonyl (C=O) groups excluding carboxylic acids is 1. The van der Waals surface area contributed by atoms with Gasteiger partial charge < -0.3 is 5.32 Å². The maximum Gasteiger partial charge on any atom is 0.256 e. The molecule has 0 aliphatic carbocycles. The Morgan fingerprint density at radius 2 is 1.78 bits per heavy atom. The number of hydrogen-bond acceptors (Lipinski definition) is 4. The summed E-state index contributed by atoms with van der Waals surface area (Å²) in [4.78, 5) is 12.8. The number of carbonyl (C=O) groups is 1. The number of rotatable bonds is 3. The average molecular weight is 390 g/mol. The van der Waals surface area contributed by atoms with Gasteiger partial charge >= 0.3 is 0 Å². The van der Waals surface area contributed by atoms with E-state index in [9.17, 15) is 13.2 Å². The van der Waals surface area contributed by atoms with Crippen molar-refractivity contribution in [3.63, 3.8) is 0 Å². The Balaban J connectivity index is 1.96. The summed E-state index contributed by atoms with van der Waals surface area (Å²) in [6.45, 7) is 10.0. The van der Waals surface area contributed by atoms with Gasteiger partial charge in [-0.25, -0.2) is 13.1 Å². The molecule has 1 aromatic carbocycles. The molecule has 1 amide bonds. The van der Waals surface area contributed by atoms with E-state index in [0.29, 0.717) is 17.8 Å². The minimum absolute atomic E-state index is 0.0602. The fourth-order valence-corrected chi connectivity index (χ4v) is 5.09. The molecular weight excluding hydrogens is 362 g/mol. The summed E-state index contributed by atoms with van der Waals surface area (Å²) in [6.07, 6.45) is 0.514. The van der Waals surface area contributed by atoms with E-state index < -0.39 is 9.84 Å². The second kappa shape index (κ2) is 6.78. The van der Waals surface area contributed by atoms with Crippen LogP contribution in [0.2, 0.25) is 0 Å². The summed E-state index contributed by atoms with van der Waals surface area (Å²) < 4.78 is 25.5. The van der Waals surface area contributed by atoms with Gasteiger partial charge in [0.05, 0.1) is 23.2 Å². The van der Waals surface area contributed by atoms with Crippen molar-refractivity contribution < 1.29 is 13.2 Å². The molecule has 1 unspecified atom stereocenters. The zero-order chi connectivity index (χ0) is 20.0. The van der Waals surface area contributed by atoms with Crippen LogP contribution in [0.3, 0.4) is 0 Å². The van der Waals surface area contributed by atoms with E-state index >= 15 is 0 Å². The molecule has 1 aromatic heterocycles. The number of anilines is 1. The molecule has 0 saturated carbocycles. The van der Waals surface area contributed by atoms with Crippen LogP contribution in [0.1, 0.15) is 60.4 Å². The fraction of sp³-hybridized carbons (Fsp3) is 0.500. The van der Waals surface area contributed by atoms with Gasteiger partial charge in [0, 0.05) is 17.0 Å². The maximum atomic E-state index is 12.8. The molecule has 1 aliphatic rings. The van der Waals surface area contributed by atoms with Gasteiger partial charge in [-0.05, 0) is 32.4 Å². The number of hydrogen-bond donors (Lipinski definition) is 1. The summed E-state index contributed by atoms with van der Waals surface area (Å²) in [5, 5.41) is 7.59. The Morgan fingerprint density at radius 3 is 2.30 bits per heavy atom. The van der Waals surface area contributed by atoms with E-state index in [0.717, 1.165) is 16.8 Å². The minimum Gasteiger partial charge on any atom is -0.307 e. The normalized spacial score (nSPS) is 19.2. The fourth-order valence-electron chi connectivity index (χ4n) is 3.40. The highest BCUT2D eigenvalue weighted by molar-refractivity contribution is 7.91. The van der Waals surface area contributed by atoms with Crippen molar-refractivity contribution in [1.29, 1.82) is 0 Å². The monoisotopic (exact) mass is 389 g/mol.